The smallest absolute Gasteiger partial charge is 0.230 e. The normalized spacial score (nSPS) is 17.0. The molecule has 29 heavy (non-hydrogen) atoms. The van der Waals surface area contributed by atoms with Crippen molar-refractivity contribution >= 4 is 21.8 Å². The number of likely N-dealkylation sites (N-methyl/N-ethyl adjacent to an activating group) is 1. The Kier molecular flexibility index (Phi) is 7.33. The second kappa shape index (κ2) is 9.74. The van der Waals surface area contributed by atoms with E-state index in [2.05, 4.69) is 38.3 Å². The minimum Gasteiger partial charge on any atom is -0.497 e. The number of ether oxygens (including phenoxy) is 2. The Balaban J connectivity index is 1.78. The van der Waals surface area contributed by atoms with Gasteiger partial charge in [-0.05, 0) is 62.3 Å². The number of nitrogens with zero attached hydrogens (tertiary/aromatic N) is 1. The quantitative estimate of drug-likeness (QED) is 0.679. The summed E-state index contributed by atoms with van der Waals surface area (Å²) in [5.74, 6) is 0.898. The summed E-state index contributed by atoms with van der Waals surface area (Å²) in [6.07, 6.45) is 1.38. The molecule has 2 aromatic carbocycles. The number of amides is 1. The zero-order valence-electron chi connectivity index (χ0n) is 17.3. The maximum Gasteiger partial charge on any atom is 0.230 e. The van der Waals surface area contributed by atoms with Crippen LogP contribution in [-0.4, -0.2) is 51.8 Å². The molecule has 1 fully saturated rings. The largest absolute Gasteiger partial charge is 0.497 e. The zero-order valence-corrected chi connectivity index (χ0v) is 18.9. The molecule has 3 rings (SSSR count). The summed E-state index contributed by atoms with van der Waals surface area (Å²) in [5.41, 5.74) is 1.64. The Bertz CT molecular complexity index is 800. The van der Waals surface area contributed by atoms with Crippen LogP contribution in [0.3, 0.4) is 0 Å². The summed E-state index contributed by atoms with van der Waals surface area (Å²) < 4.78 is 11.8. The molecule has 5 nitrogen and oxygen atoms in total. The van der Waals surface area contributed by atoms with E-state index < -0.39 is 5.41 Å². The summed E-state index contributed by atoms with van der Waals surface area (Å²) in [5, 5.41) is 3.24. The van der Waals surface area contributed by atoms with Crippen LogP contribution in [-0.2, 0) is 14.9 Å². The van der Waals surface area contributed by atoms with Crippen LogP contribution in [0.4, 0.5) is 0 Å². The number of carbonyl (C=O) groups excluding carboxylic acids is 1. The molecular formula is C23H29BrN2O3. The molecule has 1 aliphatic rings. The van der Waals surface area contributed by atoms with Crippen LogP contribution in [0.5, 0.6) is 5.75 Å². The molecule has 0 saturated carbocycles. The van der Waals surface area contributed by atoms with Gasteiger partial charge in [0.05, 0.1) is 18.6 Å². The summed E-state index contributed by atoms with van der Waals surface area (Å²) in [7, 11) is 5.72. The van der Waals surface area contributed by atoms with Crippen molar-refractivity contribution in [3.05, 3.63) is 64.1 Å². The number of nitrogens with one attached hydrogen (secondary N) is 1. The molecule has 0 aromatic heterocycles. The zero-order chi connectivity index (χ0) is 20.9. The van der Waals surface area contributed by atoms with E-state index in [4.69, 9.17) is 9.47 Å². The molecule has 1 saturated heterocycles. The lowest BCUT2D eigenvalue weighted by Gasteiger charge is -2.37. The highest BCUT2D eigenvalue weighted by molar-refractivity contribution is 9.10. The first kappa shape index (κ1) is 21.8. The van der Waals surface area contributed by atoms with Gasteiger partial charge in [0.25, 0.3) is 0 Å². The molecule has 2 aromatic rings. The highest BCUT2D eigenvalue weighted by Crippen LogP contribution is 2.36. The summed E-state index contributed by atoms with van der Waals surface area (Å²) in [6.45, 7) is 1.73. The van der Waals surface area contributed by atoms with E-state index in [1.807, 2.05) is 50.5 Å². The Labute approximate surface area is 181 Å². The number of hydrogen-bond donors (Lipinski definition) is 1. The molecule has 156 valence electrons. The Morgan fingerprint density at radius 1 is 1.14 bits per heavy atom. The van der Waals surface area contributed by atoms with Crippen molar-refractivity contribution in [3.63, 3.8) is 0 Å². The molecule has 0 spiro atoms. The molecule has 1 unspecified atom stereocenters. The first-order valence-electron chi connectivity index (χ1n) is 9.89. The van der Waals surface area contributed by atoms with Crippen LogP contribution in [0.15, 0.2) is 53.0 Å². The van der Waals surface area contributed by atoms with Crippen LogP contribution < -0.4 is 10.1 Å². The number of methoxy groups -OCH3 is 1. The van der Waals surface area contributed by atoms with Crippen molar-refractivity contribution in [2.24, 2.45) is 0 Å². The van der Waals surface area contributed by atoms with Gasteiger partial charge in [0.15, 0.2) is 0 Å². The van der Waals surface area contributed by atoms with Gasteiger partial charge in [0.2, 0.25) is 5.91 Å². The fourth-order valence-corrected chi connectivity index (χ4v) is 4.18. The highest BCUT2D eigenvalue weighted by Gasteiger charge is 2.41. The van der Waals surface area contributed by atoms with Gasteiger partial charge in [0, 0.05) is 24.2 Å². The summed E-state index contributed by atoms with van der Waals surface area (Å²) in [4.78, 5) is 15.6. The van der Waals surface area contributed by atoms with Gasteiger partial charge in [-0.1, -0.05) is 40.2 Å². The number of halogens is 1. The minimum atomic E-state index is -0.546. The molecule has 6 heteroatoms. The maximum absolute atomic E-state index is 13.4. The van der Waals surface area contributed by atoms with Crippen LogP contribution in [0.2, 0.25) is 0 Å². The van der Waals surface area contributed by atoms with Gasteiger partial charge in [-0.2, -0.15) is 0 Å². The van der Waals surface area contributed by atoms with Crippen molar-refractivity contribution in [3.8, 4) is 5.75 Å². The molecule has 1 aliphatic heterocycles. The van der Waals surface area contributed by atoms with Crippen molar-refractivity contribution in [1.82, 2.24) is 10.2 Å². The molecule has 0 radical (unpaired) electrons. The third-order valence-electron chi connectivity index (χ3n) is 5.76. The molecule has 0 bridgehead atoms. The SMILES string of the molecule is COc1ccc(C(CNC(=O)C2(c3ccc(Br)cc3)CCOCC2)N(C)C)cc1. The van der Waals surface area contributed by atoms with E-state index in [0.29, 0.717) is 32.6 Å². The van der Waals surface area contributed by atoms with E-state index in [1.165, 1.54) is 0 Å². The van der Waals surface area contributed by atoms with Crippen LogP contribution in [0, 0.1) is 0 Å². The van der Waals surface area contributed by atoms with Crippen molar-refractivity contribution in [2.45, 2.75) is 24.3 Å². The molecule has 0 aliphatic carbocycles. The van der Waals surface area contributed by atoms with Gasteiger partial charge in [-0.25, -0.2) is 0 Å². The Morgan fingerprint density at radius 3 is 2.31 bits per heavy atom. The highest BCUT2D eigenvalue weighted by atomic mass is 79.9. The lowest BCUT2D eigenvalue weighted by Crippen LogP contribution is -2.49. The van der Waals surface area contributed by atoms with Gasteiger partial charge < -0.3 is 19.7 Å². The second-order valence-corrected chi connectivity index (χ2v) is 8.58. The number of carbonyl (C=O) groups is 1. The second-order valence-electron chi connectivity index (χ2n) is 7.66. The average molecular weight is 461 g/mol. The summed E-state index contributed by atoms with van der Waals surface area (Å²) in [6, 6.07) is 16.2. The number of rotatable bonds is 7. The standard InChI is InChI=1S/C23H29BrN2O3/c1-26(2)21(17-4-10-20(28-3)11-5-17)16-25-22(27)23(12-14-29-15-13-23)18-6-8-19(24)9-7-18/h4-11,21H,12-16H2,1-3H3,(H,25,27). The maximum atomic E-state index is 13.4. The fraction of sp³-hybridized carbons (Fsp3) is 0.435. The van der Waals surface area contributed by atoms with Gasteiger partial charge in [-0.3, -0.25) is 4.79 Å². The summed E-state index contributed by atoms with van der Waals surface area (Å²) >= 11 is 3.49. The first-order chi connectivity index (χ1) is 14.0. The molecule has 1 atom stereocenters. The number of benzene rings is 2. The monoisotopic (exact) mass is 460 g/mol. The van der Waals surface area contributed by atoms with E-state index in [0.717, 1.165) is 21.3 Å². The van der Waals surface area contributed by atoms with E-state index >= 15 is 0 Å². The van der Waals surface area contributed by atoms with Gasteiger partial charge in [0.1, 0.15) is 5.75 Å². The fourth-order valence-electron chi connectivity index (χ4n) is 3.92. The molecule has 1 heterocycles. The third kappa shape index (κ3) is 5.00. The Hall–Kier alpha value is -1.89. The van der Waals surface area contributed by atoms with Crippen LogP contribution in [0.1, 0.15) is 30.0 Å². The lowest BCUT2D eigenvalue weighted by atomic mass is 9.73. The third-order valence-corrected chi connectivity index (χ3v) is 6.29. The van der Waals surface area contributed by atoms with E-state index in [1.54, 1.807) is 7.11 Å². The average Bonchev–Trinajstić information content (AvgIpc) is 2.75. The predicted molar refractivity (Wildman–Crippen MR) is 118 cm³/mol. The van der Waals surface area contributed by atoms with Gasteiger partial charge >= 0.3 is 0 Å². The molecule has 1 amide bonds. The van der Waals surface area contributed by atoms with Crippen molar-refractivity contribution < 1.29 is 14.3 Å². The van der Waals surface area contributed by atoms with Crippen molar-refractivity contribution in [1.29, 1.82) is 0 Å². The first-order valence-corrected chi connectivity index (χ1v) is 10.7. The lowest BCUT2D eigenvalue weighted by molar-refractivity contribution is -0.130. The number of hydrogen-bond acceptors (Lipinski definition) is 4. The van der Waals surface area contributed by atoms with Gasteiger partial charge in [-0.15, -0.1) is 0 Å². The van der Waals surface area contributed by atoms with E-state index in [-0.39, 0.29) is 11.9 Å². The topological polar surface area (TPSA) is 50.8 Å². The van der Waals surface area contributed by atoms with E-state index in [9.17, 15) is 4.79 Å². The molecular weight excluding hydrogens is 432 g/mol. The minimum absolute atomic E-state index is 0.0727. The predicted octanol–water partition coefficient (Wildman–Crippen LogP) is 3.93. The Morgan fingerprint density at radius 2 is 1.76 bits per heavy atom. The van der Waals surface area contributed by atoms with Crippen molar-refractivity contribution in [2.75, 3.05) is 41.0 Å². The van der Waals surface area contributed by atoms with Crippen LogP contribution in [0.25, 0.3) is 0 Å². The van der Waals surface area contributed by atoms with Crippen LogP contribution >= 0.6 is 15.9 Å². The molecule has 1 N–H and O–H groups in total.